The minimum absolute atomic E-state index is 0.172. The molecule has 1 saturated heterocycles. The molecule has 0 bridgehead atoms. The summed E-state index contributed by atoms with van der Waals surface area (Å²) in [5.41, 5.74) is 7.25. The van der Waals surface area contributed by atoms with Gasteiger partial charge in [0.25, 0.3) is 5.91 Å². The quantitative estimate of drug-likeness (QED) is 0.765. The maximum atomic E-state index is 10.9. The van der Waals surface area contributed by atoms with Crippen molar-refractivity contribution in [3.63, 3.8) is 0 Å². The molecule has 0 aliphatic carbocycles. The highest BCUT2D eigenvalue weighted by Gasteiger charge is 2.29. The van der Waals surface area contributed by atoms with Crippen LogP contribution in [0.4, 0.5) is 0 Å². The zero-order valence-electron chi connectivity index (χ0n) is 16.1. The highest BCUT2D eigenvalue weighted by molar-refractivity contribution is 5.75. The first-order valence-electron chi connectivity index (χ1n) is 9.26. The van der Waals surface area contributed by atoms with Crippen LogP contribution in [0.2, 0.25) is 0 Å². The van der Waals surface area contributed by atoms with Crippen molar-refractivity contribution < 1.29 is 18.8 Å². The number of hydrogen-bond donors (Lipinski definition) is 1. The Kier molecular flexibility index (Phi) is 6.01. The van der Waals surface area contributed by atoms with Crippen LogP contribution in [0, 0.1) is 0 Å². The lowest BCUT2D eigenvalue weighted by Crippen LogP contribution is -2.23. The average molecular weight is 373 g/mol. The molecule has 1 fully saturated rings. The van der Waals surface area contributed by atoms with Gasteiger partial charge in [-0.05, 0) is 37.1 Å². The normalized spacial score (nSPS) is 17.4. The Morgan fingerprint density at radius 3 is 2.85 bits per heavy atom. The lowest BCUT2D eigenvalue weighted by molar-refractivity contribution is -0.119. The van der Waals surface area contributed by atoms with Crippen LogP contribution in [-0.4, -0.2) is 36.2 Å². The van der Waals surface area contributed by atoms with Gasteiger partial charge in [0.05, 0.1) is 13.2 Å². The van der Waals surface area contributed by atoms with Crippen LogP contribution >= 0.6 is 0 Å². The topological polar surface area (TPSA) is 90.8 Å². The SMILES string of the molecule is COc1cc(CN2CCCC2c2cc(C(C)C)on2)ccc1OCC(N)=O. The number of primary amides is 1. The van der Waals surface area contributed by atoms with Gasteiger partial charge in [0, 0.05) is 18.5 Å². The molecular formula is C20H27N3O4. The molecule has 7 heteroatoms. The molecule has 1 aromatic heterocycles. The number of nitrogens with zero attached hydrogens (tertiary/aromatic N) is 2. The molecule has 0 radical (unpaired) electrons. The van der Waals surface area contributed by atoms with Crippen molar-refractivity contribution in [3.8, 4) is 11.5 Å². The molecule has 1 atom stereocenters. The molecule has 27 heavy (non-hydrogen) atoms. The molecule has 1 unspecified atom stereocenters. The molecule has 7 nitrogen and oxygen atoms in total. The number of aromatic nitrogens is 1. The molecule has 2 N–H and O–H groups in total. The average Bonchev–Trinajstić information content (AvgIpc) is 3.29. The summed E-state index contributed by atoms with van der Waals surface area (Å²) in [5, 5.41) is 4.29. The van der Waals surface area contributed by atoms with Crippen LogP contribution in [0.3, 0.4) is 0 Å². The molecule has 1 amide bonds. The number of carbonyl (C=O) groups is 1. The van der Waals surface area contributed by atoms with Crippen LogP contribution in [0.25, 0.3) is 0 Å². The van der Waals surface area contributed by atoms with E-state index in [1.54, 1.807) is 7.11 Å². The summed E-state index contributed by atoms with van der Waals surface area (Å²) in [6.45, 7) is 5.82. The minimum Gasteiger partial charge on any atom is -0.493 e. The number of carbonyl (C=O) groups excluding carboxylic acids is 1. The zero-order chi connectivity index (χ0) is 19.4. The highest BCUT2D eigenvalue weighted by atomic mass is 16.5. The van der Waals surface area contributed by atoms with Crippen LogP contribution in [0.1, 0.15) is 55.7 Å². The number of likely N-dealkylation sites (tertiary alicyclic amines) is 1. The largest absolute Gasteiger partial charge is 0.493 e. The van der Waals surface area contributed by atoms with E-state index in [4.69, 9.17) is 19.7 Å². The van der Waals surface area contributed by atoms with E-state index in [2.05, 4.69) is 30.0 Å². The standard InChI is InChI=1S/C20H27N3O4/c1-13(2)18-10-15(22-27-18)16-5-4-8-23(16)11-14-6-7-17(19(9-14)25-3)26-12-20(21)24/h6-7,9-10,13,16H,4-5,8,11-12H2,1-3H3,(H2,21,24). The zero-order valence-corrected chi connectivity index (χ0v) is 16.1. The van der Waals surface area contributed by atoms with Gasteiger partial charge in [0.2, 0.25) is 0 Å². The second-order valence-electron chi connectivity index (χ2n) is 7.18. The Morgan fingerprint density at radius 2 is 2.19 bits per heavy atom. The molecule has 2 heterocycles. The molecule has 1 aliphatic heterocycles. The van der Waals surface area contributed by atoms with Crippen LogP contribution in [-0.2, 0) is 11.3 Å². The van der Waals surface area contributed by atoms with E-state index in [1.807, 2.05) is 18.2 Å². The van der Waals surface area contributed by atoms with Gasteiger partial charge in [-0.15, -0.1) is 0 Å². The third kappa shape index (κ3) is 4.60. The maximum Gasteiger partial charge on any atom is 0.255 e. The summed E-state index contributed by atoms with van der Waals surface area (Å²) < 4.78 is 16.3. The van der Waals surface area contributed by atoms with Crippen molar-refractivity contribution >= 4 is 5.91 Å². The van der Waals surface area contributed by atoms with Crippen LogP contribution in [0.15, 0.2) is 28.8 Å². The predicted molar refractivity (Wildman–Crippen MR) is 101 cm³/mol. The third-order valence-corrected chi connectivity index (χ3v) is 4.80. The molecule has 1 aromatic carbocycles. The summed E-state index contributed by atoms with van der Waals surface area (Å²) in [5.74, 6) is 1.84. The fourth-order valence-corrected chi connectivity index (χ4v) is 3.40. The lowest BCUT2D eigenvalue weighted by Gasteiger charge is -2.23. The molecule has 1 aliphatic rings. The van der Waals surface area contributed by atoms with Gasteiger partial charge in [-0.25, -0.2) is 0 Å². The van der Waals surface area contributed by atoms with E-state index in [9.17, 15) is 4.79 Å². The van der Waals surface area contributed by atoms with Gasteiger partial charge in [-0.1, -0.05) is 25.1 Å². The number of amides is 1. The first-order valence-corrected chi connectivity index (χ1v) is 9.26. The Hall–Kier alpha value is -2.54. The van der Waals surface area contributed by atoms with E-state index in [1.165, 1.54) is 0 Å². The fourth-order valence-electron chi connectivity index (χ4n) is 3.40. The second-order valence-corrected chi connectivity index (χ2v) is 7.18. The van der Waals surface area contributed by atoms with Crippen molar-refractivity contribution in [2.24, 2.45) is 5.73 Å². The van der Waals surface area contributed by atoms with E-state index in [-0.39, 0.29) is 12.6 Å². The molecular weight excluding hydrogens is 346 g/mol. The number of ether oxygens (including phenoxy) is 2. The number of methoxy groups -OCH3 is 1. The van der Waals surface area contributed by atoms with Gasteiger partial charge in [0.1, 0.15) is 11.5 Å². The summed E-state index contributed by atoms with van der Waals surface area (Å²) in [6.07, 6.45) is 2.20. The van der Waals surface area contributed by atoms with Crippen molar-refractivity contribution in [1.29, 1.82) is 0 Å². The van der Waals surface area contributed by atoms with Gasteiger partial charge in [-0.2, -0.15) is 0 Å². The van der Waals surface area contributed by atoms with Crippen LogP contribution in [0.5, 0.6) is 11.5 Å². The van der Waals surface area contributed by atoms with Gasteiger partial charge in [-0.3, -0.25) is 9.69 Å². The number of rotatable bonds is 8. The Labute approximate surface area is 159 Å². The monoisotopic (exact) mass is 373 g/mol. The van der Waals surface area contributed by atoms with Gasteiger partial charge in [0.15, 0.2) is 18.1 Å². The maximum absolute atomic E-state index is 10.9. The summed E-state index contributed by atoms with van der Waals surface area (Å²) >= 11 is 0. The van der Waals surface area contributed by atoms with E-state index >= 15 is 0 Å². The predicted octanol–water partition coefficient (Wildman–Crippen LogP) is 3.01. The Morgan fingerprint density at radius 1 is 1.37 bits per heavy atom. The second kappa shape index (κ2) is 8.43. The Balaban J connectivity index is 1.72. The van der Waals surface area contributed by atoms with Crippen molar-refractivity contribution in [1.82, 2.24) is 10.1 Å². The summed E-state index contributed by atoms with van der Waals surface area (Å²) in [6, 6.07) is 8.08. The van der Waals surface area contributed by atoms with E-state index in [0.717, 1.165) is 42.9 Å². The molecule has 146 valence electrons. The first kappa shape index (κ1) is 19.2. The first-order chi connectivity index (χ1) is 13.0. The van der Waals surface area contributed by atoms with Gasteiger partial charge >= 0.3 is 0 Å². The van der Waals surface area contributed by atoms with Crippen molar-refractivity contribution in [2.45, 2.75) is 45.2 Å². The summed E-state index contributed by atoms with van der Waals surface area (Å²) in [7, 11) is 1.58. The number of nitrogens with two attached hydrogens (primary N) is 1. The van der Waals surface area contributed by atoms with Crippen LogP contribution < -0.4 is 15.2 Å². The number of hydrogen-bond acceptors (Lipinski definition) is 6. The lowest BCUT2D eigenvalue weighted by atomic mass is 10.1. The molecule has 0 spiro atoms. The fraction of sp³-hybridized carbons (Fsp3) is 0.500. The number of benzene rings is 1. The van der Waals surface area contributed by atoms with Crippen molar-refractivity contribution in [2.75, 3.05) is 20.3 Å². The van der Waals surface area contributed by atoms with E-state index in [0.29, 0.717) is 17.4 Å². The van der Waals surface area contributed by atoms with E-state index < -0.39 is 5.91 Å². The highest BCUT2D eigenvalue weighted by Crippen LogP contribution is 2.35. The van der Waals surface area contributed by atoms with Crippen molar-refractivity contribution in [3.05, 3.63) is 41.3 Å². The molecule has 3 rings (SSSR count). The van der Waals surface area contributed by atoms with Gasteiger partial charge < -0.3 is 19.7 Å². The minimum atomic E-state index is -0.519. The summed E-state index contributed by atoms with van der Waals surface area (Å²) in [4.78, 5) is 13.3. The smallest absolute Gasteiger partial charge is 0.255 e. The Bertz CT molecular complexity index is 787. The molecule has 2 aromatic rings. The third-order valence-electron chi connectivity index (χ3n) is 4.80. The molecule has 0 saturated carbocycles.